The molecule has 2 N–H and O–H groups in total. The summed E-state index contributed by atoms with van der Waals surface area (Å²) in [7, 11) is 3.50. The van der Waals surface area contributed by atoms with Gasteiger partial charge in [-0.3, -0.25) is 9.59 Å². The zero-order valence-corrected chi connectivity index (χ0v) is 16.4. The lowest BCUT2D eigenvalue weighted by Gasteiger charge is -2.13. The van der Waals surface area contributed by atoms with Crippen LogP contribution in [0.2, 0.25) is 0 Å². The highest BCUT2D eigenvalue weighted by Crippen LogP contribution is 2.23. The summed E-state index contributed by atoms with van der Waals surface area (Å²) in [5, 5.41) is 5.96. The van der Waals surface area contributed by atoms with E-state index in [1.807, 2.05) is 36.4 Å². The largest absolute Gasteiger partial charge is 0.487 e. The Hall–Kier alpha value is -3.28. The molecule has 2 amide bonds. The molecule has 6 heteroatoms. The Morgan fingerprint density at radius 2 is 1.93 bits per heavy atom. The molecular weight excluding hydrogens is 354 g/mol. The number of benzene rings is 2. The third-order valence-corrected chi connectivity index (χ3v) is 4.02. The van der Waals surface area contributed by atoms with Crippen LogP contribution in [0.1, 0.15) is 12.0 Å². The number of carbonyl (C=O) groups excluding carboxylic acids is 2. The number of hydrogen-bond donors (Lipinski definition) is 2. The summed E-state index contributed by atoms with van der Waals surface area (Å²) in [6, 6.07) is 15.0. The minimum absolute atomic E-state index is 0.0927. The number of hydrogen-bond acceptors (Lipinski definition) is 4. The van der Waals surface area contributed by atoms with Gasteiger partial charge < -0.3 is 20.3 Å². The predicted octanol–water partition coefficient (Wildman–Crippen LogP) is 3.32. The zero-order chi connectivity index (χ0) is 20.4. The quantitative estimate of drug-likeness (QED) is 0.620. The van der Waals surface area contributed by atoms with Crippen molar-refractivity contribution < 1.29 is 14.3 Å². The molecule has 0 heterocycles. The first-order valence-electron chi connectivity index (χ1n) is 9.15. The van der Waals surface area contributed by atoms with Crippen molar-refractivity contribution in [1.29, 1.82) is 0 Å². The number of carbonyl (C=O) groups is 2. The summed E-state index contributed by atoms with van der Waals surface area (Å²) in [5.41, 5.74) is 2.50. The van der Waals surface area contributed by atoms with Crippen LogP contribution in [0.4, 0.5) is 11.4 Å². The Labute approximate surface area is 166 Å². The minimum atomic E-state index is -0.178. The van der Waals surface area contributed by atoms with Crippen molar-refractivity contribution in [2.45, 2.75) is 12.8 Å². The molecule has 6 nitrogen and oxygen atoms in total. The molecule has 2 aromatic carbocycles. The summed E-state index contributed by atoms with van der Waals surface area (Å²) in [5.74, 6) is 0.515. The van der Waals surface area contributed by atoms with Gasteiger partial charge in [-0.05, 0) is 36.2 Å². The molecule has 0 unspecified atom stereocenters. The van der Waals surface area contributed by atoms with Crippen LogP contribution in [-0.2, 0) is 16.0 Å². The number of amides is 2. The summed E-state index contributed by atoms with van der Waals surface area (Å²) >= 11 is 0. The molecule has 0 aromatic heterocycles. The average Bonchev–Trinajstić information content (AvgIpc) is 2.70. The fraction of sp³-hybridized carbons (Fsp3) is 0.273. The maximum Gasteiger partial charge on any atom is 0.243 e. The van der Waals surface area contributed by atoms with Crippen molar-refractivity contribution in [3.05, 3.63) is 66.7 Å². The number of aryl methyl sites for hydroxylation is 1. The number of nitrogens with zero attached hydrogens (tertiary/aromatic N) is 1. The second-order valence-electron chi connectivity index (χ2n) is 6.49. The average molecular weight is 381 g/mol. The van der Waals surface area contributed by atoms with Crippen LogP contribution in [0.25, 0.3) is 0 Å². The lowest BCUT2D eigenvalue weighted by molar-refractivity contribution is -0.128. The van der Waals surface area contributed by atoms with Gasteiger partial charge in [0.25, 0.3) is 0 Å². The Kier molecular flexibility index (Phi) is 8.09. The van der Waals surface area contributed by atoms with Crippen LogP contribution >= 0.6 is 0 Å². The van der Waals surface area contributed by atoms with Gasteiger partial charge in [-0.2, -0.15) is 0 Å². The van der Waals surface area contributed by atoms with Gasteiger partial charge in [0.15, 0.2) is 0 Å². The summed E-state index contributed by atoms with van der Waals surface area (Å²) in [6.45, 7) is 4.11. The maximum absolute atomic E-state index is 12.3. The highest BCUT2D eigenvalue weighted by atomic mass is 16.5. The number of anilines is 2. The standard InChI is InChI=1S/C22H27N3O3/c1-4-14-28-20-11-6-5-10-19(20)24-21(26)16-23-18-9-7-8-17(15-18)12-13-22(27)25(2)3/h4-11,15,23H,1,12-14,16H2,2-3H3,(H,24,26). The molecule has 0 saturated carbocycles. The van der Waals surface area contributed by atoms with Gasteiger partial charge in [0, 0.05) is 26.2 Å². The fourth-order valence-electron chi connectivity index (χ4n) is 2.53. The highest BCUT2D eigenvalue weighted by molar-refractivity contribution is 5.95. The van der Waals surface area contributed by atoms with Gasteiger partial charge in [0.05, 0.1) is 12.2 Å². The Bertz CT molecular complexity index is 818. The monoisotopic (exact) mass is 381 g/mol. The summed E-state index contributed by atoms with van der Waals surface area (Å²) < 4.78 is 5.54. The molecule has 0 fully saturated rings. The van der Waals surface area contributed by atoms with E-state index < -0.39 is 0 Å². The van der Waals surface area contributed by atoms with Gasteiger partial charge in [0.1, 0.15) is 12.4 Å². The van der Waals surface area contributed by atoms with Crippen molar-refractivity contribution >= 4 is 23.2 Å². The topological polar surface area (TPSA) is 70.7 Å². The van der Waals surface area contributed by atoms with Crippen molar-refractivity contribution in [3.8, 4) is 5.75 Å². The van der Waals surface area contributed by atoms with E-state index in [0.717, 1.165) is 11.3 Å². The van der Waals surface area contributed by atoms with E-state index in [2.05, 4.69) is 17.2 Å². The Morgan fingerprint density at radius 1 is 1.14 bits per heavy atom. The van der Waals surface area contributed by atoms with Crippen molar-refractivity contribution in [3.63, 3.8) is 0 Å². The molecule has 0 aliphatic heterocycles. The smallest absolute Gasteiger partial charge is 0.243 e. The van der Waals surface area contributed by atoms with Crippen molar-refractivity contribution in [1.82, 2.24) is 4.90 Å². The fourth-order valence-corrected chi connectivity index (χ4v) is 2.53. The molecule has 2 rings (SSSR count). The summed E-state index contributed by atoms with van der Waals surface area (Å²) in [6.07, 6.45) is 2.77. The first-order valence-corrected chi connectivity index (χ1v) is 9.15. The molecule has 0 radical (unpaired) electrons. The number of nitrogens with one attached hydrogen (secondary N) is 2. The van der Waals surface area contributed by atoms with E-state index in [9.17, 15) is 9.59 Å². The van der Waals surface area contributed by atoms with E-state index >= 15 is 0 Å². The first-order chi connectivity index (χ1) is 13.5. The second kappa shape index (κ2) is 10.8. The molecule has 0 atom stereocenters. The van der Waals surface area contributed by atoms with Crippen LogP contribution in [0.5, 0.6) is 5.75 Å². The number of rotatable bonds is 10. The molecule has 0 aliphatic carbocycles. The highest BCUT2D eigenvalue weighted by Gasteiger charge is 2.08. The maximum atomic E-state index is 12.3. The Balaban J connectivity index is 1.88. The third-order valence-electron chi connectivity index (χ3n) is 4.02. The molecule has 0 saturated heterocycles. The zero-order valence-electron chi connectivity index (χ0n) is 16.4. The SMILES string of the molecule is C=CCOc1ccccc1NC(=O)CNc1cccc(CCC(=O)N(C)C)c1. The lowest BCUT2D eigenvalue weighted by atomic mass is 10.1. The van der Waals surface area contributed by atoms with Crippen molar-refractivity contribution in [2.75, 3.05) is 37.9 Å². The normalized spacial score (nSPS) is 10.1. The number of para-hydroxylation sites is 2. The minimum Gasteiger partial charge on any atom is -0.487 e. The van der Waals surface area contributed by atoms with Crippen molar-refractivity contribution in [2.24, 2.45) is 0 Å². The molecule has 2 aromatic rings. The molecule has 148 valence electrons. The summed E-state index contributed by atoms with van der Waals surface area (Å²) in [4.78, 5) is 25.6. The second-order valence-corrected chi connectivity index (χ2v) is 6.49. The lowest BCUT2D eigenvalue weighted by Crippen LogP contribution is -2.22. The molecule has 0 aliphatic rings. The van der Waals surface area contributed by atoms with Crippen LogP contribution < -0.4 is 15.4 Å². The van der Waals surface area contributed by atoms with E-state index in [4.69, 9.17) is 4.74 Å². The molecule has 28 heavy (non-hydrogen) atoms. The van der Waals surface area contributed by atoms with Gasteiger partial charge in [-0.15, -0.1) is 0 Å². The number of ether oxygens (including phenoxy) is 1. The van der Waals surface area contributed by atoms with Gasteiger partial charge in [0.2, 0.25) is 11.8 Å². The van der Waals surface area contributed by atoms with E-state index in [0.29, 0.717) is 30.9 Å². The van der Waals surface area contributed by atoms with Gasteiger partial charge in [-0.25, -0.2) is 0 Å². The van der Waals surface area contributed by atoms with Crippen LogP contribution in [0, 0.1) is 0 Å². The third kappa shape index (κ3) is 6.79. The van der Waals surface area contributed by atoms with E-state index in [1.54, 1.807) is 37.2 Å². The molecule has 0 bridgehead atoms. The van der Waals surface area contributed by atoms with Gasteiger partial charge >= 0.3 is 0 Å². The predicted molar refractivity (Wildman–Crippen MR) is 113 cm³/mol. The van der Waals surface area contributed by atoms with Crippen LogP contribution in [-0.4, -0.2) is 44.0 Å². The Morgan fingerprint density at radius 3 is 2.68 bits per heavy atom. The van der Waals surface area contributed by atoms with Gasteiger partial charge in [-0.1, -0.05) is 36.9 Å². The van der Waals surface area contributed by atoms with E-state index in [1.165, 1.54) is 0 Å². The molecular formula is C22H27N3O3. The molecule has 0 spiro atoms. The van der Waals surface area contributed by atoms with Crippen LogP contribution in [0.3, 0.4) is 0 Å². The first kappa shape index (κ1) is 21.0. The van der Waals surface area contributed by atoms with E-state index in [-0.39, 0.29) is 18.4 Å². The van der Waals surface area contributed by atoms with Crippen LogP contribution in [0.15, 0.2) is 61.2 Å².